The molecule has 2 aromatic heterocycles. The van der Waals surface area contributed by atoms with Crippen LogP contribution in [0.1, 0.15) is 5.56 Å². The summed E-state index contributed by atoms with van der Waals surface area (Å²) in [7, 11) is -3.97. The van der Waals surface area contributed by atoms with Gasteiger partial charge in [0.25, 0.3) is 10.0 Å². The first-order chi connectivity index (χ1) is 13.1. The Kier molecular flexibility index (Phi) is 4.33. The fourth-order valence-corrected chi connectivity index (χ4v) is 4.40. The maximum Gasteiger partial charge on any atom is 0.268 e. The third-order valence-electron chi connectivity index (χ3n) is 4.14. The smallest absolute Gasteiger partial charge is 0.268 e. The lowest BCUT2D eigenvalue weighted by Crippen LogP contribution is -2.31. The molecule has 0 aliphatic rings. The van der Waals surface area contributed by atoms with Gasteiger partial charge < -0.3 is 0 Å². The van der Waals surface area contributed by atoms with E-state index in [4.69, 9.17) is 0 Å². The van der Waals surface area contributed by atoms with E-state index in [1.807, 2.05) is 30.3 Å². The maximum atomic E-state index is 13.5. The summed E-state index contributed by atoms with van der Waals surface area (Å²) < 4.78 is 43.1. The number of sulfonamides is 1. The lowest BCUT2D eigenvalue weighted by Gasteiger charge is -2.24. The molecule has 136 valence electrons. The molecule has 2 heterocycles. The highest BCUT2D eigenvalue weighted by Gasteiger charge is 2.28. The highest BCUT2D eigenvalue weighted by molar-refractivity contribution is 7.93. The monoisotopic (exact) mass is 382 g/mol. The SMILES string of the molecule is O=S(=O)(c1cccn2cnnc12)N(Cc1ccccc1)c1ccc(F)cc1. The van der Waals surface area contributed by atoms with Crippen LogP contribution in [-0.2, 0) is 16.6 Å². The van der Waals surface area contributed by atoms with Crippen LogP contribution >= 0.6 is 0 Å². The molecule has 0 radical (unpaired) electrons. The Morgan fingerprint density at radius 1 is 0.963 bits per heavy atom. The first kappa shape index (κ1) is 17.2. The number of rotatable bonds is 5. The quantitative estimate of drug-likeness (QED) is 0.531. The van der Waals surface area contributed by atoms with Crippen LogP contribution in [0.5, 0.6) is 0 Å². The van der Waals surface area contributed by atoms with Gasteiger partial charge in [-0.2, -0.15) is 0 Å². The van der Waals surface area contributed by atoms with E-state index in [2.05, 4.69) is 10.2 Å². The number of hydrogen-bond donors (Lipinski definition) is 0. The Hall–Kier alpha value is -3.26. The minimum Gasteiger partial charge on any atom is -0.288 e. The zero-order valence-corrected chi connectivity index (χ0v) is 14.9. The van der Waals surface area contributed by atoms with Gasteiger partial charge in [0.1, 0.15) is 17.0 Å². The largest absolute Gasteiger partial charge is 0.288 e. The molecule has 4 aromatic rings. The number of pyridine rings is 1. The van der Waals surface area contributed by atoms with Crippen LogP contribution in [0.2, 0.25) is 0 Å². The number of fused-ring (bicyclic) bond motifs is 1. The van der Waals surface area contributed by atoms with Gasteiger partial charge >= 0.3 is 0 Å². The van der Waals surface area contributed by atoms with Crippen LogP contribution in [0.15, 0.2) is 84.1 Å². The van der Waals surface area contributed by atoms with Crippen molar-refractivity contribution in [1.82, 2.24) is 14.6 Å². The first-order valence-corrected chi connectivity index (χ1v) is 9.60. The zero-order chi connectivity index (χ0) is 18.9. The van der Waals surface area contributed by atoms with E-state index in [1.165, 1.54) is 45.4 Å². The molecule has 0 atom stereocenters. The minimum atomic E-state index is -3.97. The average Bonchev–Trinajstić information content (AvgIpc) is 3.16. The molecule has 0 saturated carbocycles. The molecular formula is C19H15FN4O2S. The van der Waals surface area contributed by atoms with E-state index >= 15 is 0 Å². The molecular weight excluding hydrogens is 367 g/mol. The number of nitrogens with zero attached hydrogens (tertiary/aromatic N) is 4. The van der Waals surface area contributed by atoms with Gasteiger partial charge in [0.15, 0.2) is 5.65 Å². The van der Waals surface area contributed by atoms with Gasteiger partial charge in [-0.05, 0) is 42.0 Å². The molecule has 0 aliphatic heterocycles. The van der Waals surface area contributed by atoms with Crippen molar-refractivity contribution in [3.8, 4) is 0 Å². The molecule has 4 rings (SSSR count). The Morgan fingerprint density at radius 2 is 1.70 bits per heavy atom. The van der Waals surface area contributed by atoms with Crippen molar-refractivity contribution in [2.45, 2.75) is 11.4 Å². The van der Waals surface area contributed by atoms with Gasteiger partial charge in [0.2, 0.25) is 0 Å². The minimum absolute atomic E-state index is 0.0303. The summed E-state index contributed by atoms with van der Waals surface area (Å²) in [5.74, 6) is -0.435. The summed E-state index contributed by atoms with van der Waals surface area (Å²) in [6.07, 6.45) is 3.11. The Morgan fingerprint density at radius 3 is 2.44 bits per heavy atom. The van der Waals surface area contributed by atoms with Gasteiger partial charge in [-0.3, -0.25) is 8.71 Å². The number of hydrogen-bond acceptors (Lipinski definition) is 4. The van der Waals surface area contributed by atoms with Crippen LogP contribution < -0.4 is 4.31 Å². The molecule has 0 N–H and O–H groups in total. The average molecular weight is 382 g/mol. The fourth-order valence-electron chi connectivity index (χ4n) is 2.82. The molecule has 0 spiro atoms. The standard InChI is InChI=1S/C19H15FN4O2S/c20-16-8-10-17(11-9-16)24(13-15-5-2-1-3-6-15)27(25,26)18-7-4-12-23-14-21-22-19(18)23/h1-12,14H,13H2. The van der Waals surface area contributed by atoms with Crippen molar-refractivity contribution in [3.05, 3.63) is 90.6 Å². The summed E-state index contributed by atoms with van der Waals surface area (Å²) in [5.41, 5.74) is 1.40. The summed E-state index contributed by atoms with van der Waals surface area (Å²) in [6.45, 7) is 0.101. The summed E-state index contributed by atoms with van der Waals surface area (Å²) >= 11 is 0. The van der Waals surface area contributed by atoms with E-state index in [1.54, 1.807) is 12.3 Å². The van der Waals surface area contributed by atoms with Crippen LogP contribution in [0, 0.1) is 5.82 Å². The highest BCUT2D eigenvalue weighted by Crippen LogP contribution is 2.27. The molecule has 0 fully saturated rings. The van der Waals surface area contributed by atoms with E-state index in [0.29, 0.717) is 5.69 Å². The van der Waals surface area contributed by atoms with E-state index in [-0.39, 0.29) is 17.1 Å². The van der Waals surface area contributed by atoms with Crippen molar-refractivity contribution in [1.29, 1.82) is 0 Å². The van der Waals surface area contributed by atoms with Crippen LogP contribution in [-0.4, -0.2) is 23.0 Å². The summed E-state index contributed by atoms with van der Waals surface area (Å²) in [4.78, 5) is 0.0303. The molecule has 0 aliphatic carbocycles. The Bertz CT molecular complexity index is 1180. The summed E-state index contributed by atoms with van der Waals surface area (Å²) in [5, 5.41) is 7.71. The normalized spacial score (nSPS) is 11.6. The molecule has 0 saturated heterocycles. The van der Waals surface area contributed by atoms with Crippen molar-refractivity contribution in [2.24, 2.45) is 0 Å². The fraction of sp³-hybridized carbons (Fsp3) is 0.0526. The van der Waals surface area contributed by atoms with Crippen molar-refractivity contribution in [3.63, 3.8) is 0 Å². The third kappa shape index (κ3) is 3.26. The highest BCUT2D eigenvalue weighted by atomic mass is 32.2. The summed E-state index contributed by atoms with van der Waals surface area (Å²) in [6, 6.07) is 17.7. The van der Waals surface area contributed by atoms with Crippen LogP contribution in [0.25, 0.3) is 5.65 Å². The van der Waals surface area contributed by atoms with E-state index in [9.17, 15) is 12.8 Å². The maximum absolute atomic E-state index is 13.5. The number of benzene rings is 2. The lowest BCUT2D eigenvalue weighted by atomic mass is 10.2. The second-order valence-corrected chi connectivity index (χ2v) is 7.74. The number of anilines is 1. The molecule has 0 bridgehead atoms. The van der Waals surface area contributed by atoms with E-state index < -0.39 is 15.8 Å². The van der Waals surface area contributed by atoms with E-state index in [0.717, 1.165) is 5.56 Å². The number of aromatic nitrogens is 3. The van der Waals surface area contributed by atoms with Crippen molar-refractivity contribution >= 4 is 21.4 Å². The first-order valence-electron chi connectivity index (χ1n) is 8.16. The molecule has 0 amide bonds. The molecule has 2 aromatic carbocycles. The van der Waals surface area contributed by atoms with Crippen molar-refractivity contribution in [2.75, 3.05) is 4.31 Å². The molecule has 0 unspecified atom stereocenters. The van der Waals surface area contributed by atoms with Crippen LogP contribution in [0.4, 0.5) is 10.1 Å². The molecule has 6 nitrogen and oxygen atoms in total. The molecule has 27 heavy (non-hydrogen) atoms. The van der Waals surface area contributed by atoms with Gasteiger partial charge in [0.05, 0.1) is 12.2 Å². The van der Waals surface area contributed by atoms with Gasteiger partial charge in [-0.15, -0.1) is 10.2 Å². The Balaban J connectivity index is 1.86. The topological polar surface area (TPSA) is 67.6 Å². The zero-order valence-electron chi connectivity index (χ0n) is 14.1. The Labute approximate surface area is 155 Å². The second-order valence-electron chi connectivity index (χ2n) is 5.91. The lowest BCUT2D eigenvalue weighted by molar-refractivity contribution is 0.590. The van der Waals surface area contributed by atoms with Gasteiger partial charge in [-0.1, -0.05) is 30.3 Å². The predicted octanol–water partition coefficient (Wildman–Crippen LogP) is 3.26. The second kappa shape index (κ2) is 6.81. The predicted molar refractivity (Wildman–Crippen MR) is 99.2 cm³/mol. The molecule has 8 heteroatoms. The van der Waals surface area contributed by atoms with Crippen molar-refractivity contribution < 1.29 is 12.8 Å². The third-order valence-corrected chi connectivity index (χ3v) is 5.93. The number of halogens is 1. The van der Waals surface area contributed by atoms with Gasteiger partial charge in [-0.25, -0.2) is 12.8 Å². The van der Waals surface area contributed by atoms with Gasteiger partial charge in [0, 0.05) is 6.20 Å². The van der Waals surface area contributed by atoms with Crippen LogP contribution in [0.3, 0.4) is 0 Å².